The van der Waals surface area contributed by atoms with Gasteiger partial charge in [-0.25, -0.2) is 14.8 Å². The largest absolute Gasteiger partial charge is 0.369 e. The fourth-order valence-electron chi connectivity index (χ4n) is 1.57. The van der Waals surface area contributed by atoms with Gasteiger partial charge in [-0.05, 0) is 6.92 Å². The van der Waals surface area contributed by atoms with Crippen molar-refractivity contribution in [3.8, 4) is 12.1 Å². The van der Waals surface area contributed by atoms with Crippen LogP contribution in [-0.2, 0) is 9.63 Å². The van der Waals surface area contributed by atoms with Crippen LogP contribution >= 0.6 is 23.5 Å². The van der Waals surface area contributed by atoms with Crippen molar-refractivity contribution in [3.63, 3.8) is 0 Å². The van der Waals surface area contributed by atoms with Crippen LogP contribution in [-0.4, -0.2) is 21.6 Å². The van der Waals surface area contributed by atoms with E-state index in [1.165, 1.54) is 23.5 Å². The summed E-state index contributed by atoms with van der Waals surface area (Å²) in [5.41, 5.74) is 0.811. The zero-order valence-electron chi connectivity index (χ0n) is 9.87. The number of hydrogen-bond acceptors (Lipinski definition) is 9. The molecule has 0 saturated heterocycles. The number of nitrogens with zero attached hydrogens (tertiary/aromatic N) is 5. The average Bonchev–Trinajstić information content (AvgIpc) is 2.99. The molecule has 0 bridgehead atoms. The lowest BCUT2D eigenvalue weighted by Gasteiger charge is -1.96. The summed E-state index contributed by atoms with van der Waals surface area (Å²) >= 11 is 2.43. The zero-order chi connectivity index (χ0) is 14.3. The van der Waals surface area contributed by atoms with Crippen molar-refractivity contribution >= 4 is 35.2 Å². The number of rotatable bonds is 0. The number of carbonyl (C=O) groups is 1. The Balaban J connectivity index is 2.08. The number of nitriles is 2. The number of oxime groups is 1. The Labute approximate surface area is 121 Å². The summed E-state index contributed by atoms with van der Waals surface area (Å²) in [4.78, 5) is 24.4. The molecule has 0 radical (unpaired) electrons. The van der Waals surface area contributed by atoms with Crippen LogP contribution < -0.4 is 0 Å². The van der Waals surface area contributed by atoms with Crippen LogP contribution in [0, 0.1) is 22.7 Å². The van der Waals surface area contributed by atoms with Crippen LogP contribution in [0.3, 0.4) is 0 Å². The number of aromatic nitrogens is 2. The first-order valence-corrected chi connectivity index (χ1v) is 6.86. The highest BCUT2D eigenvalue weighted by molar-refractivity contribution is 8.24. The Kier molecular flexibility index (Phi) is 2.93. The molecule has 0 spiro atoms. The summed E-state index contributed by atoms with van der Waals surface area (Å²) in [5, 5.41) is 22.4. The van der Waals surface area contributed by atoms with Gasteiger partial charge in [-0.3, -0.25) is 0 Å². The molecular weight excluding hydrogens is 298 g/mol. The summed E-state index contributed by atoms with van der Waals surface area (Å²) in [5.74, 6) is -0.522. The first-order chi connectivity index (χ1) is 9.63. The highest BCUT2D eigenvalue weighted by Gasteiger charge is 2.33. The second-order valence-electron chi connectivity index (χ2n) is 3.68. The molecule has 2 aliphatic heterocycles. The predicted octanol–water partition coefficient (Wildman–Crippen LogP) is 1.56. The van der Waals surface area contributed by atoms with E-state index in [0.717, 1.165) is 0 Å². The van der Waals surface area contributed by atoms with E-state index in [4.69, 9.17) is 10.5 Å². The van der Waals surface area contributed by atoms with E-state index in [1.807, 2.05) is 12.1 Å². The van der Waals surface area contributed by atoms with Crippen molar-refractivity contribution < 1.29 is 9.63 Å². The molecule has 0 fully saturated rings. The van der Waals surface area contributed by atoms with Gasteiger partial charge in [-0.2, -0.15) is 10.5 Å². The van der Waals surface area contributed by atoms with Gasteiger partial charge in [-0.15, -0.1) is 0 Å². The van der Waals surface area contributed by atoms with E-state index in [-0.39, 0.29) is 11.4 Å². The minimum Gasteiger partial charge on any atom is -0.312 e. The van der Waals surface area contributed by atoms with Gasteiger partial charge in [-0.1, -0.05) is 28.7 Å². The topological polar surface area (TPSA) is 112 Å². The van der Waals surface area contributed by atoms with Gasteiger partial charge in [0.05, 0.1) is 9.95 Å². The van der Waals surface area contributed by atoms with E-state index in [1.54, 1.807) is 6.92 Å². The predicted molar refractivity (Wildman–Crippen MR) is 69.4 cm³/mol. The molecular formula is C11H3N5O2S2. The Morgan fingerprint density at radius 3 is 2.05 bits per heavy atom. The maximum atomic E-state index is 11.6. The Morgan fingerprint density at radius 2 is 1.65 bits per heavy atom. The molecule has 1 aromatic rings. The second kappa shape index (κ2) is 4.63. The fraction of sp³-hybridized carbons (Fsp3) is 0.0909. The van der Waals surface area contributed by atoms with Crippen molar-refractivity contribution in [1.82, 2.24) is 9.97 Å². The van der Waals surface area contributed by atoms with E-state index in [9.17, 15) is 4.79 Å². The molecule has 0 aromatic carbocycles. The first-order valence-electron chi connectivity index (χ1n) is 5.22. The molecule has 7 nitrogen and oxygen atoms in total. The summed E-state index contributed by atoms with van der Waals surface area (Å²) in [6.45, 7) is 1.67. The summed E-state index contributed by atoms with van der Waals surface area (Å²) < 4.78 is 0.641. The standard InChI is InChI=1S/C11H3N5O2S2/c1-4-7(10(17)18-16-4)11-19-8-9(20-11)15-6(3-13)5(2-12)14-8/h1H3. The maximum absolute atomic E-state index is 11.6. The van der Waals surface area contributed by atoms with Crippen LogP contribution in [0.1, 0.15) is 18.3 Å². The highest BCUT2D eigenvalue weighted by atomic mass is 32.2. The van der Waals surface area contributed by atoms with Gasteiger partial charge < -0.3 is 4.84 Å². The van der Waals surface area contributed by atoms with Gasteiger partial charge in [0.2, 0.25) is 0 Å². The summed E-state index contributed by atoms with van der Waals surface area (Å²) in [6.07, 6.45) is 0. The van der Waals surface area contributed by atoms with Crippen molar-refractivity contribution in [2.24, 2.45) is 5.16 Å². The third kappa shape index (κ3) is 1.84. The molecule has 0 atom stereocenters. The van der Waals surface area contributed by atoms with Gasteiger partial charge in [0.1, 0.15) is 27.8 Å². The Bertz CT molecular complexity index is 755. The Morgan fingerprint density at radius 1 is 1.10 bits per heavy atom. The highest BCUT2D eigenvalue weighted by Crippen LogP contribution is 2.51. The molecule has 0 saturated carbocycles. The average molecular weight is 301 g/mol. The molecule has 0 aliphatic carbocycles. The number of hydrogen-bond donors (Lipinski definition) is 0. The minimum absolute atomic E-state index is 0.0232. The quantitative estimate of drug-likeness (QED) is 0.524. The van der Waals surface area contributed by atoms with E-state index in [2.05, 4.69) is 20.0 Å². The second-order valence-corrected chi connectivity index (χ2v) is 5.93. The zero-order valence-corrected chi connectivity index (χ0v) is 11.5. The first kappa shape index (κ1) is 12.7. The molecule has 0 unspecified atom stereocenters. The summed E-state index contributed by atoms with van der Waals surface area (Å²) in [6, 6.07) is 3.66. The molecule has 0 N–H and O–H groups in total. The van der Waals surface area contributed by atoms with Crippen LogP contribution in [0.2, 0.25) is 0 Å². The van der Waals surface area contributed by atoms with Crippen molar-refractivity contribution in [1.29, 1.82) is 10.5 Å². The van der Waals surface area contributed by atoms with Crippen LogP contribution in [0.5, 0.6) is 0 Å². The minimum atomic E-state index is -0.522. The number of fused-ring (bicyclic) bond motifs is 1. The number of carbonyl (C=O) groups excluding carboxylic acids is 1. The monoisotopic (exact) mass is 301 g/mol. The molecule has 9 heteroatoms. The van der Waals surface area contributed by atoms with Gasteiger partial charge >= 0.3 is 5.97 Å². The van der Waals surface area contributed by atoms with Crippen LogP contribution in [0.4, 0.5) is 0 Å². The van der Waals surface area contributed by atoms with E-state index in [0.29, 0.717) is 25.6 Å². The lowest BCUT2D eigenvalue weighted by atomic mass is 10.2. The molecule has 3 rings (SSSR count). The molecule has 2 aliphatic rings. The Hall–Kier alpha value is -2.36. The number of thioether (sulfide) groups is 2. The molecule has 3 heterocycles. The van der Waals surface area contributed by atoms with Gasteiger partial charge in [0, 0.05) is 0 Å². The van der Waals surface area contributed by atoms with E-state index >= 15 is 0 Å². The fourth-order valence-corrected chi connectivity index (χ4v) is 4.02. The maximum Gasteiger partial charge on any atom is 0.369 e. The third-order valence-corrected chi connectivity index (χ3v) is 4.82. The van der Waals surface area contributed by atoms with Gasteiger partial charge in [0.15, 0.2) is 11.4 Å². The van der Waals surface area contributed by atoms with Crippen molar-refractivity contribution in [2.45, 2.75) is 17.0 Å². The normalized spacial score (nSPS) is 16.4. The lowest BCUT2D eigenvalue weighted by molar-refractivity contribution is -0.136. The van der Waals surface area contributed by atoms with Crippen molar-refractivity contribution in [2.75, 3.05) is 0 Å². The van der Waals surface area contributed by atoms with Crippen LogP contribution in [0.25, 0.3) is 0 Å². The third-order valence-electron chi connectivity index (χ3n) is 2.46. The van der Waals surface area contributed by atoms with E-state index < -0.39 is 5.97 Å². The molecule has 1 aromatic heterocycles. The van der Waals surface area contributed by atoms with Crippen molar-refractivity contribution in [3.05, 3.63) is 21.2 Å². The molecule has 20 heavy (non-hydrogen) atoms. The molecule has 96 valence electrons. The smallest absolute Gasteiger partial charge is 0.312 e. The summed E-state index contributed by atoms with van der Waals surface area (Å²) in [7, 11) is 0. The molecule has 0 amide bonds. The van der Waals surface area contributed by atoms with Crippen LogP contribution in [0.15, 0.2) is 25.0 Å². The SMILES string of the molecule is CC1=NOC(=O)C1=C1Sc2nc(C#N)c(C#N)nc2S1. The van der Waals surface area contributed by atoms with Gasteiger partial charge in [0.25, 0.3) is 0 Å². The lowest BCUT2D eigenvalue weighted by Crippen LogP contribution is -2.03.